The van der Waals surface area contributed by atoms with E-state index in [1.807, 2.05) is 36.0 Å². The third-order valence-electron chi connectivity index (χ3n) is 5.71. The van der Waals surface area contributed by atoms with E-state index in [4.69, 9.17) is 5.10 Å². The first-order chi connectivity index (χ1) is 15.9. The molecule has 9 nitrogen and oxygen atoms in total. The number of nitrogens with zero attached hydrogens (tertiary/aromatic N) is 9. The summed E-state index contributed by atoms with van der Waals surface area (Å²) in [6.07, 6.45) is 23.7. The van der Waals surface area contributed by atoms with Crippen LogP contribution in [0.15, 0.2) is 89.4 Å². The number of hydrogen-bond donors (Lipinski definition) is 0. The summed E-state index contributed by atoms with van der Waals surface area (Å²) in [5.41, 5.74) is 2.32. The van der Waals surface area contributed by atoms with E-state index in [2.05, 4.69) is 96.1 Å². The molecular weight excluding hydrogens is 402 g/mol. The minimum absolute atomic E-state index is 0.518. The molecule has 0 atom stereocenters. The molecule has 0 amide bonds. The van der Waals surface area contributed by atoms with Crippen LogP contribution in [0.4, 0.5) is 5.69 Å². The van der Waals surface area contributed by atoms with E-state index < -0.39 is 0 Å². The highest BCUT2D eigenvalue weighted by molar-refractivity contribution is 5.86. The number of hydrazine groups is 5. The van der Waals surface area contributed by atoms with Gasteiger partial charge in [-0.25, -0.2) is 0 Å². The molecular formula is C23H25N9. The Morgan fingerprint density at radius 2 is 1.81 bits per heavy atom. The number of allylic oxidation sites excluding steroid dienone is 3. The Morgan fingerprint density at radius 1 is 0.844 bits per heavy atom. The molecule has 0 saturated carbocycles. The zero-order valence-corrected chi connectivity index (χ0v) is 17.7. The summed E-state index contributed by atoms with van der Waals surface area (Å²) in [6.45, 7) is 2.86. The molecule has 162 valence electrons. The fourth-order valence-electron chi connectivity index (χ4n) is 4.22. The van der Waals surface area contributed by atoms with Gasteiger partial charge in [-0.05, 0) is 30.2 Å². The van der Waals surface area contributed by atoms with Gasteiger partial charge in [0.15, 0.2) is 0 Å². The van der Waals surface area contributed by atoms with E-state index in [0.29, 0.717) is 6.67 Å². The molecule has 6 rings (SSSR count). The van der Waals surface area contributed by atoms with Crippen LogP contribution in [0.5, 0.6) is 0 Å². The predicted molar refractivity (Wildman–Crippen MR) is 126 cm³/mol. The van der Waals surface area contributed by atoms with Gasteiger partial charge in [0, 0.05) is 36.6 Å². The average molecular weight is 428 g/mol. The summed E-state index contributed by atoms with van der Waals surface area (Å²) in [7, 11) is 0. The Kier molecular flexibility index (Phi) is 4.65. The lowest BCUT2D eigenvalue weighted by molar-refractivity contribution is -0.309. The maximum absolute atomic E-state index is 5.09. The maximum Gasteiger partial charge on any atom is 0.266 e. The molecule has 5 aliphatic heterocycles. The second-order valence-corrected chi connectivity index (χ2v) is 7.78. The van der Waals surface area contributed by atoms with E-state index in [1.54, 1.807) is 0 Å². The predicted octanol–water partition coefficient (Wildman–Crippen LogP) is 2.75. The van der Waals surface area contributed by atoms with Crippen LogP contribution in [0, 0.1) is 0 Å². The molecule has 5 aliphatic rings. The molecule has 0 bridgehead atoms. The van der Waals surface area contributed by atoms with E-state index in [0.717, 1.165) is 37.7 Å². The standard InChI is InChI=1S/C23H25N9/c1-4-15-27(16-5-1)31-25-23(26-14-9-13-24-20-26)30(32(31)28-17-6-7-18-28)29-19-8-11-21-10-2-3-12-22(21)29/h1-6,8-15,17H,7,16,18-20H2. The first-order valence-corrected chi connectivity index (χ1v) is 10.9. The average Bonchev–Trinajstić information content (AvgIpc) is 3.53. The SMILES string of the molecule is C1=CCN(N2N=C(N3C=CC=NC3)N(N3CC=Cc4ccccc43)N2N2C=CCC2)C=C1. The molecule has 1 aromatic carbocycles. The quantitative estimate of drug-likeness (QED) is 0.735. The number of hydrazone groups is 1. The molecule has 5 heterocycles. The van der Waals surface area contributed by atoms with E-state index in [9.17, 15) is 0 Å². The van der Waals surface area contributed by atoms with Crippen molar-refractivity contribution in [3.63, 3.8) is 0 Å². The van der Waals surface area contributed by atoms with Crippen LogP contribution in [-0.4, -0.2) is 69.0 Å². The van der Waals surface area contributed by atoms with Crippen molar-refractivity contribution < 1.29 is 0 Å². The normalized spacial score (nSPS) is 21.9. The molecule has 0 spiro atoms. The Labute approximate surface area is 187 Å². The van der Waals surface area contributed by atoms with Crippen molar-refractivity contribution in [2.24, 2.45) is 10.1 Å². The highest BCUT2D eigenvalue weighted by Crippen LogP contribution is 2.33. The highest BCUT2D eigenvalue weighted by Gasteiger charge is 2.45. The number of fused-ring (bicyclic) bond motifs is 1. The summed E-state index contributed by atoms with van der Waals surface area (Å²) < 4.78 is 0. The van der Waals surface area contributed by atoms with Gasteiger partial charge in [-0.2, -0.15) is 0 Å². The maximum atomic E-state index is 5.09. The van der Waals surface area contributed by atoms with Gasteiger partial charge in [0.2, 0.25) is 0 Å². The van der Waals surface area contributed by atoms with Gasteiger partial charge >= 0.3 is 0 Å². The first kappa shape index (κ1) is 18.8. The van der Waals surface area contributed by atoms with Gasteiger partial charge < -0.3 is 0 Å². The van der Waals surface area contributed by atoms with E-state index >= 15 is 0 Å². The van der Waals surface area contributed by atoms with Gasteiger partial charge in [-0.15, -0.1) is 5.12 Å². The topological polar surface area (TPSA) is 47.4 Å². The Balaban J connectivity index is 1.46. The van der Waals surface area contributed by atoms with Gasteiger partial charge in [0.05, 0.1) is 18.8 Å². The molecule has 1 aromatic rings. The van der Waals surface area contributed by atoms with Crippen LogP contribution < -0.4 is 5.01 Å². The largest absolute Gasteiger partial charge is 0.295 e. The van der Waals surface area contributed by atoms with Crippen LogP contribution in [0.25, 0.3) is 6.08 Å². The summed E-state index contributed by atoms with van der Waals surface area (Å²) in [5, 5.41) is 17.8. The van der Waals surface area contributed by atoms with E-state index in [1.165, 1.54) is 5.56 Å². The lowest BCUT2D eigenvalue weighted by Crippen LogP contribution is -2.65. The Morgan fingerprint density at radius 3 is 2.62 bits per heavy atom. The number of rotatable bonds is 3. The van der Waals surface area contributed by atoms with Crippen molar-refractivity contribution in [1.82, 2.24) is 30.5 Å². The number of para-hydroxylation sites is 1. The second-order valence-electron chi connectivity index (χ2n) is 7.78. The summed E-state index contributed by atoms with van der Waals surface area (Å²) in [5.74, 6) is 0.784. The Bertz CT molecular complexity index is 1080. The van der Waals surface area contributed by atoms with Gasteiger partial charge in [-0.3, -0.25) is 24.9 Å². The second kappa shape index (κ2) is 7.93. The third-order valence-corrected chi connectivity index (χ3v) is 5.71. The fraction of sp³-hybridized carbons (Fsp3) is 0.217. The smallest absolute Gasteiger partial charge is 0.266 e. The van der Waals surface area contributed by atoms with Crippen LogP contribution in [0.2, 0.25) is 0 Å². The van der Waals surface area contributed by atoms with Gasteiger partial charge in [-0.1, -0.05) is 58.9 Å². The fourth-order valence-corrected chi connectivity index (χ4v) is 4.22. The molecule has 0 radical (unpaired) electrons. The lowest BCUT2D eigenvalue weighted by Gasteiger charge is -2.47. The third kappa shape index (κ3) is 3.14. The van der Waals surface area contributed by atoms with Crippen LogP contribution in [0.3, 0.4) is 0 Å². The zero-order chi connectivity index (χ0) is 21.3. The summed E-state index contributed by atoms with van der Waals surface area (Å²) in [6, 6.07) is 8.46. The molecule has 0 aliphatic carbocycles. The zero-order valence-electron chi connectivity index (χ0n) is 17.7. The minimum atomic E-state index is 0.518. The molecule has 9 heteroatoms. The monoisotopic (exact) mass is 427 g/mol. The number of aliphatic imine (C=N–C) groups is 1. The van der Waals surface area contributed by atoms with Gasteiger partial charge in [0.25, 0.3) is 5.96 Å². The van der Waals surface area contributed by atoms with Crippen molar-refractivity contribution in [2.45, 2.75) is 6.42 Å². The highest BCUT2D eigenvalue weighted by atomic mass is 16.3. The van der Waals surface area contributed by atoms with Crippen LogP contribution >= 0.6 is 0 Å². The lowest BCUT2D eigenvalue weighted by atomic mass is 10.1. The number of benzene rings is 1. The molecule has 0 saturated heterocycles. The number of anilines is 1. The van der Waals surface area contributed by atoms with Crippen molar-refractivity contribution in [2.75, 3.05) is 31.3 Å². The minimum Gasteiger partial charge on any atom is -0.295 e. The summed E-state index contributed by atoms with van der Waals surface area (Å²) >= 11 is 0. The summed E-state index contributed by atoms with van der Waals surface area (Å²) in [4.78, 5) is 6.52. The molecule has 32 heavy (non-hydrogen) atoms. The molecule has 0 unspecified atom stereocenters. The van der Waals surface area contributed by atoms with E-state index in [-0.39, 0.29) is 0 Å². The van der Waals surface area contributed by atoms with Crippen LogP contribution in [-0.2, 0) is 0 Å². The van der Waals surface area contributed by atoms with Crippen molar-refractivity contribution in [3.8, 4) is 0 Å². The number of hydrogen-bond acceptors (Lipinski definition) is 9. The van der Waals surface area contributed by atoms with Crippen molar-refractivity contribution in [3.05, 3.63) is 84.9 Å². The first-order valence-electron chi connectivity index (χ1n) is 10.9. The molecule has 0 N–H and O–H groups in total. The Hall–Kier alpha value is -3.98. The van der Waals surface area contributed by atoms with Crippen LogP contribution in [0.1, 0.15) is 12.0 Å². The number of guanidine groups is 1. The molecule has 0 fully saturated rings. The van der Waals surface area contributed by atoms with Crippen molar-refractivity contribution >= 4 is 23.9 Å². The van der Waals surface area contributed by atoms with Gasteiger partial charge in [0.1, 0.15) is 6.67 Å². The van der Waals surface area contributed by atoms with Crippen molar-refractivity contribution in [1.29, 1.82) is 0 Å². The molecule has 0 aromatic heterocycles.